The third-order valence-corrected chi connectivity index (χ3v) is 2.62. The van der Waals surface area contributed by atoms with Gasteiger partial charge in [-0.2, -0.15) is 5.10 Å². The predicted molar refractivity (Wildman–Crippen MR) is 73.9 cm³/mol. The van der Waals surface area contributed by atoms with E-state index >= 15 is 0 Å². The summed E-state index contributed by atoms with van der Waals surface area (Å²) in [5, 5.41) is 34.0. The van der Waals surface area contributed by atoms with E-state index < -0.39 is 0 Å². The van der Waals surface area contributed by atoms with Crippen molar-refractivity contribution in [2.45, 2.75) is 0 Å². The number of rotatable bonds is 3. The summed E-state index contributed by atoms with van der Waals surface area (Å²) in [6, 6.07) is 11.8. The lowest BCUT2D eigenvalue weighted by Gasteiger charge is -2.12. The highest BCUT2D eigenvalue weighted by Crippen LogP contribution is 2.31. The van der Waals surface area contributed by atoms with Crippen LogP contribution < -0.4 is 5.01 Å². The fourth-order valence-electron chi connectivity index (χ4n) is 1.54. The van der Waals surface area contributed by atoms with Gasteiger partial charge in [0.05, 0.1) is 11.9 Å². The molecule has 19 heavy (non-hydrogen) atoms. The largest absolute Gasteiger partial charge is 0.507 e. The van der Waals surface area contributed by atoms with E-state index in [2.05, 4.69) is 5.10 Å². The van der Waals surface area contributed by atoms with Crippen LogP contribution in [0.1, 0.15) is 5.56 Å². The first kappa shape index (κ1) is 12.8. The van der Waals surface area contributed by atoms with Crippen molar-refractivity contribution in [3.8, 4) is 17.2 Å². The molecular formula is C14H14N2O3. The standard InChI is InChI=1S/C14H14N2O3/c1-16(11-5-3-2-4-6-11)15-9-10-7-13(18)14(19)8-12(10)17/h2-9,17-19H,1H3/b15-9+. The number of phenols is 3. The maximum Gasteiger partial charge on any atom is 0.161 e. The van der Waals surface area contributed by atoms with E-state index in [-0.39, 0.29) is 17.2 Å². The van der Waals surface area contributed by atoms with Crippen LogP contribution in [0.2, 0.25) is 0 Å². The molecule has 0 unspecified atom stereocenters. The summed E-state index contributed by atoms with van der Waals surface area (Å²) >= 11 is 0. The van der Waals surface area contributed by atoms with Crippen LogP contribution in [0.5, 0.6) is 17.2 Å². The lowest BCUT2D eigenvalue weighted by Crippen LogP contribution is -2.08. The van der Waals surface area contributed by atoms with Crippen molar-refractivity contribution in [3.63, 3.8) is 0 Å². The number of anilines is 1. The number of hydrogen-bond acceptors (Lipinski definition) is 5. The van der Waals surface area contributed by atoms with Gasteiger partial charge in [-0.3, -0.25) is 5.01 Å². The van der Waals surface area contributed by atoms with Gasteiger partial charge in [-0.1, -0.05) is 18.2 Å². The lowest BCUT2D eigenvalue weighted by atomic mass is 10.2. The first-order chi connectivity index (χ1) is 9.08. The number of aromatic hydroxyl groups is 3. The number of phenolic OH excluding ortho intramolecular Hbond substituents is 3. The van der Waals surface area contributed by atoms with Crippen molar-refractivity contribution in [2.24, 2.45) is 5.10 Å². The monoisotopic (exact) mass is 258 g/mol. The molecule has 0 atom stereocenters. The molecule has 2 rings (SSSR count). The van der Waals surface area contributed by atoms with Crippen LogP contribution in [0.4, 0.5) is 5.69 Å². The second kappa shape index (κ2) is 5.30. The summed E-state index contributed by atoms with van der Waals surface area (Å²) in [5.41, 5.74) is 1.21. The SMILES string of the molecule is CN(/N=C/c1cc(O)c(O)cc1O)c1ccccc1. The zero-order valence-corrected chi connectivity index (χ0v) is 10.4. The lowest BCUT2D eigenvalue weighted by molar-refractivity contribution is 0.396. The highest BCUT2D eigenvalue weighted by molar-refractivity contribution is 5.85. The molecule has 0 saturated heterocycles. The van der Waals surface area contributed by atoms with Crippen LogP contribution in [0.15, 0.2) is 47.6 Å². The van der Waals surface area contributed by atoms with Crippen molar-refractivity contribution in [1.29, 1.82) is 0 Å². The van der Waals surface area contributed by atoms with Gasteiger partial charge in [0.2, 0.25) is 0 Å². The van der Waals surface area contributed by atoms with Gasteiger partial charge < -0.3 is 15.3 Å². The van der Waals surface area contributed by atoms with E-state index in [0.29, 0.717) is 5.56 Å². The minimum absolute atomic E-state index is 0.152. The Balaban J connectivity index is 2.21. The zero-order chi connectivity index (χ0) is 13.8. The molecule has 0 spiro atoms. The van der Waals surface area contributed by atoms with Crippen molar-refractivity contribution in [1.82, 2.24) is 0 Å². The average Bonchev–Trinajstić information content (AvgIpc) is 2.42. The molecule has 0 aromatic heterocycles. The fraction of sp³-hybridized carbons (Fsp3) is 0.0714. The summed E-state index contributed by atoms with van der Waals surface area (Å²) in [7, 11) is 1.77. The molecule has 5 nitrogen and oxygen atoms in total. The Morgan fingerprint density at radius 3 is 2.26 bits per heavy atom. The maximum atomic E-state index is 9.62. The van der Waals surface area contributed by atoms with Crippen LogP contribution in [0, 0.1) is 0 Å². The Bertz CT molecular complexity index is 597. The van der Waals surface area contributed by atoms with Crippen molar-refractivity contribution >= 4 is 11.9 Å². The molecule has 0 amide bonds. The van der Waals surface area contributed by atoms with E-state index in [9.17, 15) is 15.3 Å². The molecule has 3 N–H and O–H groups in total. The quantitative estimate of drug-likeness (QED) is 0.341. The van der Waals surface area contributed by atoms with Gasteiger partial charge in [-0.15, -0.1) is 0 Å². The van der Waals surface area contributed by atoms with E-state index in [0.717, 1.165) is 11.8 Å². The number of para-hydroxylation sites is 1. The minimum Gasteiger partial charge on any atom is -0.507 e. The first-order valence-electron chi connectivity index (χ1n) is 5.65. The number of nitrogens with zero attached hydrogens (tertiary/aromatic N) is 2. The summed E-state index contributed by atoms with van der Waals surface area (Å²) in [4.78, 5) is 0. The summed E-state index contributed by atoms with van der Waals surface area (Å²) in [6.45, 7) is 0. The molecule has 0 aliphatic carbocycles. The van der Waals surface area contributed by atoms with Crippen LogP contribution in [0.25, 0.3) is 0 Å². The molecule has 0 saturated carbocycles. The van der Waals surface area contributed by atoms with Crippen LogP contribution in [-0.4, -0.2) is 28.6 Å². The van der Waals surface area contributed by atoms with E-state index in [4.69, 9.17) is 0 Å². The summed E-state index contributed by atoms with van der Waals surface area (Å²) in [6.07, 6.45) is 1.40. The molecule has 0 bridgehead atoms. The van der Waals surface area contributed by atoms with E-state index in [1.165, 1.54) is 12.3 Å². The van der Waals surface area contributed by atoms with Gasteiger partial charge in [0.15, 0.2) is 11.5 Å². The first-order valence-corrected chi connectivity index (χ1v) is 5.65. The molecule has 98 valence electrons. The van der Waals surface area contributed by atoms with Gasteiger partial charge in [0.1, 0.15) is 5.75 Å². The number of hydrazone groups is 1. The van der Waals surface area contributed by atoms with Crippen LogP contribution in [-0.2, 0) is 0 Å². The molecule has 2 aromatic carbocycles. The fourth-order valence-corrected chi connectivity index (χ4v) is 1.54. The van der Waals surface area contributed by atoms with Gasteiger partial charge in [-0.05, 0) is 18.2 Å². The Morgan fingerprint density at radius 2 is 1.58 bits per heavy atom. The van der Waals surface area contributed by atoms with E-state index in [1.807, 2.05) is 30.3 Å². The number of hydrogen-bond donors (Lipinski definition) is 3. The predicted octanol–water partition coefficient (Wildman–Crippen LogP) is 2.27. The smallest absolute Gasteiger partial charge is 0.161 e. The van der Waals surface area contributed by atoms with Gasteiger partial charge in [0, 0.05) is 18.7 Å². The molecule has 0 aliphatic rings. The second-order valence-electron chi connectivity index (χ2n) is 4.00. The molecule has 0 radical (unpaired) electrons. The highest BCUT2D eigenvalue weighted by Gasteiger charge is 2.06. The van der Waals surface area contributed by atoms with Gasteiger partial charge in [0.25, 0.3) is 0 Å². The maximum absolute atomic E-state index is 9.62. The van der Waals surface area contributed by atoms with Gasteiger partial charge in [-0.25, -0.2) is 0 Å². The topological polar surface area (TPSA) is 76.3 Å². The van der Waals surface area contributed by atoms with Gasteiger partial charge >= 0.3 is 0 Å². The molecule has 0 heterocycles. The van der Waals surface area contributed by atoms with Crippen LogP contribution in [0.3, 0.4) is 0 Å². The Labute approximate surface area is 110 Å². The minimum atomic E-state index is -0.369. The summed E-state index contributed by atoms with van der Waals surface area (Å²) < 4.78 is 0. The molecular weight excluding hydrogens is 244 g/mol. The Kier molecular flexibility index (Phi) is 3.56. The highest BCUT2D eigenvalue weighted by atomic mass is 16.3. The Hall–Kier alpha value is -2.69. The van der Waals surface area contributed by atoms with Crippen molar-refractivity contribution in [2.75, 3.05) is 12.1 Å². The Morgan fingerprint density at radius 1 is 0.947 bits per heavy atom. The molecule has 5 heteroatoms. The number of benzene rings is 2. The van der Waals surface area contributed by atoms with E-state index in [1.54, 1.807) is 12.1 Å². The van der Waals surface area contributed by atoms with Crippen LogP contribution >= 0.6 is 0 Å². The third-order valence-electron chi connectivity index (χ3n) is 2.62. The van der Waals surface area contributed by atoms with Crippen molar-refractivity contribution < 1.29 is 15.3 Å². The second-order valence-corrected chi connectivity index (χ2v) is 4.00. The molecule has 0 fully saturated rings. The summed E-state index contributed by atoms with van der Waals surface area (Å²) in [5.74, 6) is -0.826. The third kappa shape index (κ3) is 2.95. The average molecular weight is 258 g/mol. The zero-order valence-electron chi connectivity index (χ0n) is 10.4. The normalized spacial score (nSPS) is 10.8. The molecule has 2 aromatic rings. The van der Waals surface area contributed by atoms with Crippen molar-refractivity contribution in [3.05, 3.63) is 48.0 Å². The molecule has 0 aliphatic heterocycles.